The fourth-order valence-electron chi connectivity index (χ4n) is 2.70. The maximum atomic E-state index is 13.3. The summed E-state index contributed by atoms with van der Waals surface area (Å²) in [6.45, 7) is 3.56. The lowest BCUT2D eigenvalue weighted by Crippen LogP contribution is -2.50. The monoisotopic (exact) mass is 281 g/mol. The molecule has 2 rings (SSSR count). The van der Waals surface area contributed by atoms with Crippen LogP contribution in [-0.4, -0.2) is 17.0 Å². The first kappa shape index (κ1) is 14.7. The maximum Gasteiger partial charge on any atom is 0.248 e. The van der Waals surface area contributed by atoms with Gasteiger partial charge in [0.25, 0.3) is 0 Å². The van der Waals surface area contributed by atoms with Crippen LogP contribution in [0.3, 0.4) is 0 Å². The van der Waals surface area contributed by atoms with Crippen LogP contribution in [0.5, 0.6) is 0 Å². The molecule has 1 aromatic carbocycles. The number of aliphatic hydroxyl groups is 1. The van der Waals surface area contributed by atoms with Crippen molar-refractivity contribution in [3.63, 3.8) is 0 Å². The molecule has 1 aliphatic carbocycles. The minimum atomic E-state index is -2.94. The van der Waals surface area contributed by atoms with Crippen molar-refractivity contribution in [3.05, 3.63) is 42.0 Å². The number of carbonyl (C=O) groups excluding carboxylic acids is 1. The number of hydrogen-bond donors (Lipinski definition) is 1. The van der Waals surface area contributed by atoms with Gasteiger partial charge >= 0.3 is 0 Å². The zero-order valence-electron chi connectivity index (χ0n) is 10.8. The van der Waals surface area contributed by atoms with Crippen molar-refractivity contribution >= 4 is 12.0 Å². The fourth-order valence-corrected chi connectivity index (χ4v) is 2.70. The Kier molecular flexibility index (Phi) is 3.65. The summed E-state index contributed by atoms with van der Waals surface area (Å²) in [5, 5.41) is 21.8. The second-order valence-electron chi connectivity index (χ2n) is 5.18. The first-order valence-corrected chi connectivity index (χ1v) is 6.34. The van der Waals surface area contributed by atoms with Gasteiger partial charge in [0.15, 0.2) is 0 Å². The summed E-state index contributed by atoms with van der Waals surface area (Å²) in [7, 11) is 0. The molecule has 0 unspecified atom stereocenters. The van der Waals surface area contributed by atoms with E-state index < -0.39 is 36.3 Å². The van der Waals surface area contributed by atoms with Crippen LogP contribution in [0, 0.1) is 5.92 Å². The van der Waals surface area contributed by atoms with Crippen molar-refractivity contribution in [2.24, 2.45) is 5.92 Å². The molecule has 1 fully saturated rings. The Morgan fingerprint density at radius 2 is 2.05 bits per heavy atom. The molecule has 20 heavy (non-hydrogen) atoms. The predicted molar refractivity (Wildman–Crippen MR) is 67.7 cm³/mol. The lowest BCUT2D eigenvalue weighted by atomic mass is 9.80. The van der Waals surface area contributed by atoms with Crippen LogP contribution < -0.4 is 5.11 Å². The highest BCUT2D eigenvalue weighted by Gasteiger charge is 2.50. The van der Waals surface area contributed by atoms with Crippen molar-refractivity contribution < 1.29 is 23.8 Å². The first-order chi connectivity index (χ1) is 9.29. The van der Waals surface area contributed by atoms with Gasteiger partial charge in [-0.25, -0.2) is 8.78 Å². The second-order valence-corrected chi connectivity index (χ2v) is 5.18. The van der Waals surface area contributed by atoms with E-state index in [1.54, 1.807) is 18.2 Å². The normalized spacial score (nSPS) is 24.1. The molecule has 0 heterocycles. The molecule has 0 spiro atoms. The molecule has 1 aromatic rings. The van der Waals surface area contributed by atoms with Crippen molar-refractivity contribution in [1.29, 1.82) is 0 Å². The Hall–Kier alpha value is -1.75. The molecule has 1 saturated carbocycles. The van der Waals surface area contributed by atoms with Crippen LogP contribution in [-0.2, 0) is 10.4 Å². The highest BCUT2D eigenvalue weighted by Crippen LogP contribution is 2.47. The minimum Gasteiger partial charge on any atom is -0.547 e. The zero-order chi connectivity index (χ0) is 15.0. The lowest BCUT2D eigenvalue weighted by molar-refractivity contribution is -0.330. The van der Waals surface area contributed by atoms with Crippen LogP contribution in [0.4, 0.5) is 8.78 Å². The molecule has 0 radical (unpaired) electrons. The number of carbonyl (C=O) groups is 1. The summed E-state index contributed by atoms with van der Waals surface area (Å²) in [6.07, 6.45) is 0.435. The molecule has 0 aliphatic heterocycles. The smallest absolute Gasteiger partial charge is 0.248 e. The van der Waals surface area contributed by atoms with Crippen LogP contribution in [0.1, 0.15) is 30.4 Å². The SMILES string of the molecule is C=Cc1ccc([C@@](O)(C(=O)[O-])[C@@H]2CCC(F)(F)C2)cc1. The van der Waals surface area contributed by atoms with E-state index in [0.717, 1.165) is 5.56 Å². The third-order valence-corrected chi connectivity index (χ3v) is 3.89. The highest BCUT2D eigenvalue weighted by molar-refractivity contribution is 5.78. The fraction of sp³-hybridized carbons (Fsp3) is 0.400. The summed E-state index contributed by atoms with van der Waals surface area (Å²) in [4.78, 5) is 11.3. The molecule has 0 aromatic heterocycles. The number of alkyl halides is 2. The molecule has 3 nitrogen and oxygen atoms in total. The maximum absolute atomic E-state index is 13.3. The number of benzene rings is 1. The summed E-state index contributed by atoms with van der Waals surface area (Å²) < 4.78 is 26.6. The molecule has 2 atom stereocenters. The van der Waals surface area contributed by atoms with Gasteiger partial charge < -0.3 is 15.0 Å². The predicted octanol–water partition coefficient (Wildman–Crippen LogP) is 1.70. The van der Waals surface area contributed by atoms with Gasteiger partial charge in [-0.3, -0.25) is 0 Å². The van der Waals surface area contributed by atoms with Gasteiger partial charge in [0.2, 0.25) is 5.92 Å². The van der Waals surface area contributed by atoms with Crippen LogP contribution >= 0.6 is 0 Å². The average Bonchev–Trinajstić information content (AvgIpc) is 2.78. The van der Waals surface area contributed by atoms with Crippen molar-refractivity contribution in [2.45, 2.75) is 30.8 Å². The summed E-state index contributed by atoms with van der Waals surface area (Å²) in [6, 6.07) is 5.96. The molecular formula is C15H15F2O3-. The van der Waals surface area contributed by atoms with E-state index in [0.29, 0.717) is 0 Å². The van der Waals surface area contributed by atoms with Crippen molar-refractivity contribution in [3.8, 4) is 0 Å². The quantitative estimate of drug-likeness (QED) is 0.913. The van der Waals surface area contributed by atoms with Gasteiger partial charge in [-0.15, -0.1) is 0 Å². The number of carboxylic acid groups (broad SMARTS) is 1. The Morgan fingerprint density at radius 1 is 1.45 bits per heavy atom. The molecule has 0 bridgehead atoms. The van der Waals surface area contributed by atoms with Gasteiger partial charge in [-0.1, -0.05) is 36.9 Å². The summed E-state index contributed by atoms with van der Waals surface area (Å²) in [5.74, 6) is -5.74. The zero-order valence-corrected chi connectivity index (χ0v) is 10.8. The second kappa shape index (κ2) is 4.98. The first-order valence-electron chi connectivity index (χ1n) is 6.34. The van der Waals surface area contributed by atoms with E-state index in [1.165, 1.54) is 12.1 Å². The number of aliphatic carboxylic acids is 1. The van der Waals surface area contributed by atoms with E-state index in [-0.39, 0.29) is 12.0 Å². The van der Waals surface area contributed by atoms with Crippen molar-refractivity contribution in [1.82, 2.24) is 0 Å². The largest absolute Gasteiger partial charge is 0.547 e. The Balaban J connectivity index is 2.38. The number of rotatable bonds is 4. The number of hydrogen-bond acceptors (Lipinski definition) is 3. The third kappa shape index (κ3) is 2.45. The molecule has 0 amide bonds. The van der Waals surface area contributed by atoms with Crippen LogP contribution in [0.15, 0.2) is 30.8 Å². The van der Waals surface area contributed by atoms with Gasteiger partial charge in [-0.05, 0) is 17.5 Å². The van der Waals surface area contributed by atoms with E-state index in [9.17, 15) is 23.8 Å². The van der Waals surface area contributed by atoms with E-state index in [4.69, 9.17) is 0 Å². The van der Waals surface area contributed by atoms with Gasteiger partial charge in [-0.2, -0.15) is 0 Å². The Morgan fingerprint density at radius 3 is 2.45 bits per heavy atom. The Labute approximate surface area is 115 Å². The number of carboxylic acids is 1. The number of halogens is 2. The molecule has 108 valence electrons. The van der Waals surface area contributed by atoms with Gasteiger partial charge in [0.1, 0.15) is 5.60 Å². The van der Waals surface area contributed by atoms with E-state index in [1.807, 2.05) is 0 Å². The standard InChI is InChI=1S/C15H16F2O3/c1-2-10-3-5-11(6-4-10)15(20,13(18)19)12-7-8-14(16,17)9-12/h2-6,12,20H,1,7-9H2,(H,18,19)/p-1/t12-,15+/m1/s1. The molecule has 5 heteroatoms. The molecule has 1 N–H and O–H groups in total. The van der Waals surface area contributed by atoms with Gasteiger partial charge in [0, 0.05) is 18.8 Å². The lowest BCUT2D eigenvalue weighted by Gasteiger charge is -2.35. The topological polar surface area (TPSA) is 60.4 Å². The highest BCUT2D eigenvalue weighted by atomic mass is 19.3. The molecule has 0 saturated heterocycles. The summed E-state index contributed by atoms with van der Waals surface area (Å²) >= 11 is 0. The Bertz CT molecular complexity index is 524. The minimum absolute atomic E-state index is 0.0549. The summed E-state index contributed by atoms with van der Waals surface area (Å²) in [5.41, 5.74) is -1.59. The molecule has 1 aliphatic rings. The van der Waals surface area contributed by atoms with Crippen LogP contribution in [0.2, 0.25) is 0 Å². The van der Waals surface area contributed by atoms with E-state index in [2.05, 4.69) is 6.58 Å². The van der Waals surface area contributed by atoms with Gasteiger partial charge in [0.05, 0.1) is 5.97 Å². The van der Waals surface area contributed by atoms with Crippen molar-refractivity contribution in [2.75, 3.05) is 0 Å². The van der Waals surface area contributed by atoms with Crippen LogP contribution in [0.25, 0.3) is 6.08 Å². The third-order valence-electron chi connectivity index (χ3n) is 3.89. The van der Waals surface area contributed by atoms with E-state index >= 15 is 0 Å². The average molecular weight is 281 g/mol. The molecular weight excluding hydrogens is 266 g/mol.